The average molecular weight is 211 g/mol. The number of rotatable bonds is 5. The Kier molecular flexibility index (Phi) is 3.93. The van der Waals surface area contributed by atoms with E-state index in [2.05, 4.69) is 33.0 Å². The second-order valence-corrected chi connectivity index (χ2v) is 6.16. The van der Waals surface area contributed by atoms with Crippen LogP contribution in [0.2, 0.25) is 0 Å². The second kappa shape index (κ2) is 4.65. The summed E-state index contributed by atoms with van der Waals surface area (Å²) in [7, 11) is 0. The van der Waals surface area contributed by atoms with Crippen LogP contribution in [0.5, 0.6) is 0 Å². The minimum Gasteiger partial charge on any atom is -0.305 e. The zero-order chi connectivity index (χ0) is 11.6. The first-order chi connectivity index (χ1) is 6.80. The number of Topliss-reactive ketones (excluding diaryl/α,β-unsaturated/α-hetero) is 1. The summed E-state index contributed by atoms with van der Waals surface area (Å²) in [6.07, 6.45) is 3.98. The maximum atomic E-state index is 11.6. The van der Waals surface area contributed by atoms with Gasteiger partial charge in [0.2, 0.25) is 0 Å². The summed E-state index contributed by atoms with van der Waals surface area (Å²) >= 11 is 0. The van der Waals surface area contributed by atoms with Crippen LogP contribution in [0, 0.1) is 11.3 Å². The molecule has 1 N–H and O–H groups in total. The van der Waals surface area contributed by atoms with Gasteiger partial charge in [-0.05, 0) is 31.6 Å². The van der Waals surface area contributed by atoms with E-state index in [1.807, 2.05) is 0 Å². The lowest BCUT2D eigenvalue weighted by Crippen LogP contribution is -2.49. The molecular formula is C13H25NO. The number of carbonyl (C=O) groups excluding carboxylic acids is 1. The molecule has 0 aliphatic heterocycles. The minimum absolute atomic E-state index is 0.00810. The number of carbonyl (C=O) groups is 1. The molecule has 0 aromatic carbocycles. The van der Waals surface area contributed by atoms with Gasteiger partial charge in [0, 0.05) is 6.04 Å². The van der Waals surface area contributed by atoms with Crippen LogP contribution >= 0.6 is 0 Å². The summed E-state index contributed by atoms with van der Waals surface area (Å²) in [5.74, 6) is 1.17. The monoisotopic (exact) mass is 211 g/mol. The molecule has 88 valence electrons. The molecule has 0 saturated heterocycles. The van der Waals surface area contributed by atoms with E-state index in [0.29, 0.717) is 6.04 Å². The highest BCUT2D eigenvalue weighted by Crippen LogP contribution is 2.33. The summed E-state index contributed by atoms with van der Waals surface area (Å²) in [4.78, 5) is 11.6. The third-order valence-electron chi connectivity index (χ3n) is 3.11. The summed E-state index contributed by atoms with van der Waals surface area (Å²) in [5.41, 5.74) is 0.0175. The van der Waals surface area contributed by atoms with Crippen LogP contribution in [-0.4, -0.2) is 17.9 Å². The summed E-state index contributed by atoms with van der Waals surface area (Å²) in [5, 5.41) is 3.48. The molecule has 1 unspecified atom stereocenters. The lowest BCUT2D eigenvalue weighted by Gasteiger charge is -2.32. The Balaban J connectivity index is 2.45. The molecule has 1 aliphatic rings. The fourth-order valence-corrected chi connectivity index (χ4v) is 2.18. The van der Waals surface area contributed by atoms with Gasteiger partial charge in [-0.1, -0.05) is 33.6 Å². The molecular weight excluding hydrogens is 186 g/mol. The van der Waals surface area contributed by atoms with Gasteiger partial charge >= 0.3 is 0 Å². The van der Waals surface area contributed by atoms with Gasteiger partial charge in [-0.15, -0.1) is 0 Å². The molecule has 1 aliphatic carbocycles. The summed E-state index contributed by atoms with van der Waals surface area (Å²) in [6, 6.07) is 0.455. The van der Waals surface area contributed by atoms with Crippen molar-refractivity contribution in [2.24, 2.45) is 11.3 Å². The van der Waals surface area contributed by atoms with Crippen molar-refractivity contribution in [2.75, 3.05) is 0 Å². The zero-order valence-corrected chi connectivity index (χ0v) is 10.8. The number of ketones is 1. The lowest BCUT2D eigenvalue weighted by molar-refractivity contribution is -0.121. The molecule has 1 saturated carbocycles. The standard InChI is InChI=1S/C13H25NO/c1-9(8-11-6-7-11)14-12(10(2)15)13(3,4)5/h9,11-12,14H,6-8H2,1-5H3/t9?,12-/m1/s1. The van der Waals surface area contributed by atoms with Crippen molar-refractivity contribution in [3.63, 3.8) is 0 Å². The van der Waals surface area contributed by atoms with Gasteiger partial charge in [-0.2, -0.15) is 0 Å². The lowest BCUT2D eigenvalue weighted by atomic mass is 9.84. The fraction of sp³-hybridized carbons (Fsp3) is 0.923. The molecule has 15 heavy (non-hydrogen) atoms. The van der Waals surface area contributed by atoms with Crippen LogP contribution in [0.25, 0.3) is 0 Å². The predicted molar refractivity (Wildman–Crippen MR) is 63.9 cm³/mol. The zero-order valence-electron chi connectivity index (χ0n) is 10.8. The number of hydrogen-bond acceptors (Lipinski definition) is 2. The van der Waals surface area contributed by atoms with E-state index < -0.39 is 0 Å². The number of hydrogen-bond donors (Lipinski definition) is 1. The van der Waals surface area contributed by atoms with Crippen LogP contribution in [-0.2, 0) is 4.79 Å². The van der Waals surface area contributed by atoms with E-state index in [4.69, 9.17) is 0 Å². The first kappa shape index (κ1) is 12.7. The molecule has 2 nitrogen and oxygen atoms in total. The van der Waals surface area contributed by atoms with Crippen molar-refractivity contribution in [1.82, 2.24) is 5.32 Å². The van der Waals surface area contributed by atoms with Crippen LogP contribution < -0.4 is 5.32 Å². The van der Waals surface area contributed by atoms with E-state index in [9.17, 15) is 4.79 Å². The van der Waals surface area contributed by atoms with Gasteiger partial charge in [0.1, 0.15) is 5.78 Å². The van der Waals surface area contributed by atoms with Crippen molar-refractivity contribution < 1.29 is 4.79 Å². The van der Waals surface area contributed by atoms with Gasteiger partial charge in [-0.3, -0.25) is 4.79 Å². The molecule has 0 radical (unpaired) electrons. The van der Waals surface area contributed by atoms with Crippen LogP contribution in [0.3, 0.4) is 0 Å². The summed E-state index contributed by atoms with van der Waals surface area (Å²) in [6.45, 7) is 10.2. The Labute approximate surface area is 93.8 Å². The fourth-order valence-electron chi connectivity index (χ4n) is 2.18. The van der Waals surface area contributed by atoms with Crippen molar-refractivity contribution in [1.29, 1.82) is 0 Å². The first-order valence-electron chi connectivity index (χ1n) is 6.07. The topological polar surface area (TPSA) is 29.1 Å². The van der Waals surface area contributed by atoms with Crippen molar-refractivity contribution >= 4 is 5.78 Å². The van der Waals surface area contributed by atoms with Crippen LogP contribution in [0.1, 0.15) is 53.9 Å². The van der Waals surface area contributed by atoms with Crippen molar-refractivity contribution in [3.05, 3.63) is 0 Å². The minimum atomic E-state index is -0.00810. The first-order valence-corrected chi connectivity index (χ1v) is 6.07. The third kappa shape index (κ3) is 4.33. The molecule has 2 heteroatoms. The number of nitrogens with one attached hydrogen (secondary N) is 1. The Bertz CT molecular complexity index is 225. The van der Waals surface area contributed by atoms with Crippen LogP contribution in [0.4, 0.5) is 0 Å². The highest BCUT2D eigenvalue weighted by atomic mass is 16.1. The molecule has 1 fully saturated rings. The van der Waals surface area contributed by atoms with Crippen molar-refractivity contribution in [3.8, 4) is 0 Å². The quantitative estimate of drug-likeness (QED) is 0.757. The smallest absolute Gasteiger partial charge is 0.147 e. The molecule has 0 heterocycles. The maximum Gasteiger partial charge on any atom is 0.147 e. The van der Waals surface area contributed by atoms with E-state index >= 15 is 0 Å². The van der Waals surface area contributed by atoms with Gasteiger partial charge in [0.25, 0.3) is 0 Å². The highest BCUT2D eigenvalue weighted by molar-refractivity contribution is 5.82. The molecule has 0 aromatic rings. The third-order valence-corrected chi connectivity index (χ3v) is 3.11. The van der Waals surface area contributed by atoms with E-state index in [-0.39, 0.29) is 17.2 Å². The Morgan fingerprint density at radius 3 is 2.27 bits per heavy atom. The van der Waals surface area contributed by atoms with Gasteiger partial charge in [-0.25, -0.2) is 0 Å². The Morgan fingerprint density at radius 2 is 1.93 bits per heavy atom. The SMILES string of the molecule is CC(=O)[C@@H](NC(C)CC1CC1)C(C)(C)C. The normalized spacial score (nSPS) is 21.1. The molecule has 0 spiro atoms. The predicted octanol–water partition coefficient (Wildman–Crippen LogP) is 2.77. The van der Waals surface area contributed by atoms with Crippen LogP contribution in [0.15, 0.2) is 0 Å². The molecule has 0 bridgehead atoms. The maximum absolute atomic E-state index is 11.6. The van der Waals surface area contributed by atoms with E-state index in [1.165, 1.54) is 19.3 Å². The average Bonchev–Trinajstić information content (AvgIpc) is 2.81. The van der Waals surface area contributed by atoms with E-state index in [1.54, 1.807) is 6.92 Å². The van der Waals surface area contributed by atoms with E-state index in [0.717, 1.165) is 5.92 Å². The van der Waals surface area contributed by atoms with Gasteiger partial charge in [0.15, 0.2) is 0 Å². The van der Waals surface area contributed by atoms with Gasteiger partial charge < -0.3 is 5.32 Å². The Hall–Kier alpha value is -0.370. The highest BCUT2D eigenvalue weighted by Gasteiger charge is 2.31. The molecule has 1 rings (SSSR count). The summed E-state index contributed by atoms with van der Waals surface area (Å²) < 4.78 is 0. The molecule has 0 amide bonds. The molecule has 2 atom stereocenters. The Morgan fingerprint density at radius 1 is 1.40 bits per heavy atom. The second-order valence-electron chi connectivity index (χ2n) is 6.16. The van der Waals surface area contributed by atoms with Gasteiger partial charge in [0.05, 0.1) is 6.04 Å². The van der Waals surface area contributed by atoms with Crippen molar-refractivity contribution in [2.45, 2.75) is 66.0 Å². The molecule has 0 aromatic heterocycles. The largest absolute Gasteiger partial charge is 0.305 e.